The lowest BCUT2D eigenvalue weighted by molar-refractivity contribution is 0.351. The zero-order valence-electron chi connectivity index (χ0n) is 11.1. The minimum atomic E-state index is 0.122. The molecule has 0 radical (unpaired) electrons. The lowest BCUT2D eigenvalue weighted by Gasteiger charge is -2.20. The maximum atomic E-state index is 5.85. The van der Waals surface area contributed by atoms with E-state index in [4.69, 9.17) is 4.74 Å². The Bertz CT molecular complexity index is 642. The number of halogens is 2. The molecular formula is C16H15Br2NO. The van der Waals surface area contributed by atoms with Gasteiger partial charge in [0.2, 0.25) is 0 Å². The van der Waals surface area contributed by atoms with Crippen molar-refractivity contribution in [1.82, 2.24) is 5.32 Å². The molecule has 4 heteroatoms. The van der Waals surface area contributed by atoms with Gasteiger partial charge in [0.05, 0.1) is 12.6 Å². The fourth-order valence-corrected chi connectivity index (χ4v) is 3.64. The highest BCUT2D eigenvalue weighted by molar-refractivity contribution is 9.10. The lowest BCUT2D eigenvalue weighted by atomic mass is 9.96. The van der Waals surface area contributed by atoms with Gasteiger partial charge in [0.1, 0.15) is 5.75 Å². The van der Waals surface area contributed by atoms with Gasteiger partial charge in [-0.25, -0.2) is 0 Å². The van der Waals surface area contributed by atoms with Gasteiger partial charge in [-0.1, -0.05) is 44.0 Å². The maximum Gasteiger partial charge on any atom is 0.127 e. The standard InChI is InChI=1S/C16H15Br2NO/c1-19-15(10-3-2-4-12(17)7-10)14-9-13(18)8-11-5-6-20-16(11)14/h2-4,7-9,15,19H,5-6H2,1H3. The van der Waals surface area contributed by atoms with Gasteiger partial charge in [0, 0.05) is 20.9 Å². The smallest absolute Gasteiger partial charge is 0.127 e. The minimum Gasteiger partial charge on any atom is -0.493 e. The maximum absolute atomic E-state index is 5.85. The van der Waals surface area contributed by atoms with E-state index in [0.717, 1.165) is 27.7 Å². The second kappa shape index (κ2) is 5.88. The van der Waals surface area contributed by atoms with E-state index in [9.17, 15) is 0 Å². The van der Waals surface area contributed by atoms with Gasteiger partial charge in [-0.2, -0.15) is 0 Å². The van der Waals surface area contributed by atoms with Crippen molar-refractivity contribution in [3.8, 4) is 5.75 Å². The molecule has 2 nitrogen and oxygen atoms in total. The Labute approximate surface area is 135 Å². The number of nitrogens with one attached hydrogen (secondary N) is 1. The van der Waals surface area contributed by atoms with E-state index in [1.165, 1.54) is 16.7 Å². The van der Waals surface area contributed by atoms with Crippen LogP contribution in [0.15, 0.2) is 45.3 Å². The summed E-state index contributed by atoms with van der Waals surface area (Å²) in [7, 11) is 1.98. The van der Waals surface area contributed by atoms with Crippen LogP contribution in [0.3, 0.4) is 0 Å². The molecule has 1 atom stereocenters. The predicted octanol–water partition coefficient (Wildman–Crippen LogP) is 4.46. The molecule has 1 heterocycles. The summed E-state index contributed by atoms with van der Waals surface area (Å²) < 4.78 is 8.04. The number of ether oxygens (including phenoxy) is 1. The van der Waals surface area contributed by atoms with Crippen molar-refractivity contribution in [3.05, 3.63) is 62.0 Å². The first-order chi connectivity index (χ1) is 9.69. The van der Waals surface area contributed by atoms with Gasteiger partial charge in [0.15, 0.2) is 0 Å². The molecule has 0 aliphatic carbocycles. The Morgan fingerprint density at radius 3 is 2.75 bits per heavy atom. The summed E-state index contributed by atoms with van der Waals surface area (Å²) in [5.74, 6) is 1.03. The van der Waals surface area contributed by atoms with Crippen molar-refractivity contribution in [2.45, 2.75) is 12.5 Å². The van der Waals surface area contributed by atoms with Crippen molar-refractivity contribution < 1.29 is 4.74 Å². The lowest BCUT2D eigenvalue weighted by Crippen LogP contribution is -2.18. The van der Waals surface area contributed by atoms with Crippen molar-refractivity contribution in [1.29, 1.82) is 0 Å². The molecule has 0 fully saturated rings. The van der Waals surface area contributed by atoms with Crippen molar-refractivity contribution in [2.24, 2.45) is 0 Å². The minimum absolute atomic E-state index is 0.122. The normalized spacial score (nSPS) is 14.8. The van der Waals surface area contributed by atoms with Crippen LogP contribution in [0.25, 0.3) is 0 Å². The SMILES string of the molecule is CNC(c1cccc(Br)c1)c1cc(Br)cc2c1OCC2. The van der Waals surface area contributed by atoms with Crippen LogP contribution in [0.4, 0.5) is 0 Å². The van der Waals surface area contributed by atoms with Crippen LogP contribution in [-0.4, -0.2) is 13.7 Å². The summed E-state index contributed by atoms with van der Waals surface area (Å²) in [5.41, 5.74) is 3.69. The average molecular weight is 397 g/mol. The van der Waals surface area contributed by atoms with Crippen LogP contribution in [0.5, 0.6) is 5.75 Å². The highest BCUT2D eigenvalue weighted by atomic mass is 79.9. The Hall–Kier alpha value is -0.840. The fraction of sp³-hybridized carbons (Fsp3) is 0.250. The molecule has 0 saturated carbocycles. The molecule has 3 rings (SSSR count). The summed E-state index contributed by atoms with van der Waals surface area (Å²) in [6.07, 6.45) is 0.983. The van der Waals surface area contributed by atoms with Gasteiger partial charge in [-0.15, -0.1) is 0 Å². The zero-order valence-corrected chi connectivity index (χ0v) is 14.3. The monoisotopic (exact) mass is 395 g/mol. The van der Waals surface area contributed by atoms with E-state index in [1.807, 2.05) is 13.1 Å². The zero-order chi connectivity index (χ0) is 14.1. The van der Waals surface area contributed by atoms with Crippen LogP contribution in [0.2, 0.25) is 0 Å². The Morgan fingerprint density at radius 1 is 1.15 bits per heavy atom. The predicted molar refractivity (Wildman–Crippen MR) is 88.4 cm³/mol. The fourth-order valence-electron chi connectivity index (χ4n) is 2.70. The molecule has 2 aromatic carbocycles. The molecule has 0 saturated heterocycles. The molecule has 0 bridgehead atoms. The van der Waals surface area contributed by atoms with E-state index < -0.39 is 0 Å². The van der Waals surface area contributed by atoms with Crippen LogP contribution in [0, 0.1) is 0 Å². The van der Waals surface area contributed by atoms with Crippen LogP contribution >= 0.6 is 31.9 Å². The molecule has 0 spiro atoms. The Morgan fingerprint density at radius 2 is 2.00 bits per heavy atom. The number of benzene rings is 2. The van der Waals surface area contributed by atoms with Gasteiger partial charge >= 0.3 is 0 Å². The summed E-state index contributed by atoms with van der Waals surface area (Å²) in [6, 6.07) is 12.8. The quantitative estimate of drug-likeness (QED) is 0.827. The van der Waals surface area contributed by atoms with Gasteiger partial charge in [-0.05, 0) is 42.4 Å². The van der Waals surface area contributed by atoms with Crippen molar-refractivity contribution >= 4 is 31.9 Å². The second-order valence-corrected chi connectivity index (χ2v) is 6.69. The third-order valence-electron chi connectivity index (χ3n) is 3.56. The third kappa shape index (κ3) is 2.65. The van der Waals surface area contributed by atoms with E-state index in [0.29, 0.717) is 0 Å². The number of hydrogen-bond acceptors (Lipinski definition) is 2. The highest BCUT2D eigenvalue weighted by Gasteiger charge is 2.23. The highest BCUT2D eigenvalue weighted by Crippen LogP contribution is 2.38. The largest absolute Gasteiger partial charge is 0.493 e. The molecule has 1 aliphatic heterocycles. The number of rotatable bonds is 3. The van der Waals surface area contributed by atoms with Crippen LogP contribution in [0.1, 0.15) is 22.7 Å². The van der Waals surface area contributed by atoms with Crippen LogP contribution in [-0.2, 0) is 6.42 Å². The number of fused-ring (bicyclic) bond motifs is 1. The van der Waals surface area contributed by atoms with Crippen LogP contribution < -0.4 is 10.1 Å². The first kappa shape index (κ1) is 14.1. The van der Waals surface area contributed by atoms with Gasteiger partial charge in [0.25, 0.3) is 0 Å². The molecule has 0 amide bonds. The summed E-state index contributed by atoms with van der Waals surface area (Å²) in [6.45, 7) is 0.772. The topological polar surface area (TPSA) is 21.3 Å². The molecule has 20 heavy (non-hydrogen) atoms. The van der Waals surface area contributed by atoms with E-state index in [-0.39, 0.29) is 6.04 Å². The average Bonchev–Trinajstić information content (AvgIpc) is 2.87. The summed E-state index contributed by atoms with van der Waals surface area (Å²) >= 11 is 7.15. The number of hydrogen-bond donors (Lipinski definition) is 1. The van der Waals surface area contributed by atoms with E-state index >= 15 is 0 Å². The third-order valence-corrected chi connectivity index (χ3v) is 4.51. The first-order valence-corrected chi connectivity index (χ1v) is 8.15. The van der Waals surface area contributed by atoms with Gasteiger partial charge in [-0.3, -0.25) is 0 Å². The summed E-state index contributed by atoms with van der Waals surface area (Å²) in [4.78, 5) is 0. The molecule has 2 aromatic rings. The molecule has 1 aliphatic rings. The van der Waals surface area contributed by atoms with Crippen molar-refractivity contribution in [2.75, 3.05) is 13.7 Å². The van der Waals surface area contributed by atoms with Gasteiger partial charge < -0.3 is 10.1 Å². The Balaban J connectivity index is 2.10. The molecule has 104 valence electrons. The van der Waals surface area contributed by atoms with E-state index in [2.05, 4.69) is 67.5 Å². The van der Waals surface area contributed by atoms with E-state index in [1.54, 1.807) is 0 Å². The molecule has 0 aromatic heterocycles. The second-order valence-electron chi connectivity index (χ2n) is 4.86. The molecule has 1 N–H and O–H groups in total. The van der Waals surface area contributed by atoms with Crippen molar-refractivity contribution in [3.63, 3.8) is 0 Å². The summed E-state index contributed by atoms with van der Waals surface area (Å²) in [5, 5.41) is 3.40. The molecular weight excluding hydrogens is 382 g/mol. The molecule has 1 unspecified atom stereocenters. The Kier molecular flexibility index (Phi) is 4.15. The first-order valence-electron chi connectivity index (χ1n) is 6.57.